The molecule has 0 aliphatic carbocycles. The molecule has 4 rings (SSSR count). The van der Waals surface area contributed by atoms with Crippen molar-refractivity contribution in [2.75, 3.05) is 18.0 Å². The number of H-pyrrole nitrogens is 3. The van der Waals surface area contributed by atoms with Gasteiger partial charge in [0.05, 0.1) is 36.7 Å². The van der Waals surface area contributed by atoms with Crippen molar-refractivity contribution in [1.29, 1.82) is 0 Å². The van der Waals surface area contributed by atoms with E-state index in [9.17, 15) is 36.3 Å². The van der Waals surface area contributed by atoms with Crippen LogP contribution in [0.5, 0.6) is 5.88 Å². The van der Waals surface area contributed by atoms with E-state index in [0.717, 1.165) is 17.2 Å². The highest BCUT2D eigenvalue weighted by Crippen LogP contribution is 2.33. The van der Waals surface area contributed by atoms with Gasteiger partial charge in [0.2, 0.25) is 5.88 Å². The third-order valence-corrected chi connectivity index (χ3v) is 4.66. The van der Waals surface area contributed by atoms with Gasteiger partial charge in [0.15, 0.2) is 11.8 Å². The molecule has 1 atom stereocenters. The lowest BCUT2D eigenvalue weighted by molar-refractivity contribution is -0.141. The first-order valence-corrected chi connectivity index (χ1v) is 9.05. The highest BCUT2D eigenvalue weighted by atomic mass is 19.4. The minimum absolute atomic E-state index is 0.108. The van der Waals surface area contributed by atoms with E-state index in [2.05, 4.69) is 25.1 Å². The second kappa shape index (κ2) is 7.79. The Morgan fingerprint density at radius 2 is 1.88 bits per heavy atom. The smallest absolute Gasteiger partial charge is 0.434 e. The molecule has 3 N–H and O–H groups in total. The Labute approximate surface area is 178 Å². The number of hydrogen-bond acceptors (Lipinski definition) is 8. The monoisotopic (exact) mass is 473 g/mol. The van der Waals surface area contributed by atoms with Crippen molar-refractivity contribution >= 4 is 5.69 Å². The van der Waals surface area contributed by atoms with Crippen LogP contribution in [0.1, 0.15) is 5.69 Å². The Bertz CT molecular complexity index is 1350. The van der Waals surface area contributed by atoms with E-state index in [1.807, 2.05) is 4.98 Å². The van der Waals surface area contributed by atoms with Gasteiger partial charge < -0.3 is 14.6 Å². The summed E-state index contributed by atoms with van der Waals surface area (Å²) in [4.78, 5) is 47.0. The number of aromatic amines is 3. The molecule has 33 heavy (non-hydrogen) atoms. The predicted octanol–water partition coefficient (Wildman–Crippen LogP) is 0.525. The molecular weight excluding hydrogens is 461 g/mol. The summed E-state index contributed by atoms with van der Waals surface area (Å²) in [6, 6.07) is 1.08. The highest BCUT2D eigenvalue weighted by Gasteiger charge is 2.51. The van der Waals surface area contributed by atoms with Gasteiger partial charge in [0, 0.05) is 6.20 Å². The first-order valence-electron chi connectivity index (χ1n) is 9.05. The van der Waals surface area contributed by atoms with E-state index in [1.54, 1.807) is 0 Å². The predicted molar refractivity (Wildman–Crippen MR) is 100 cm³/mol. The van der Waals surface area contributed by atoms with Gasteiger partial charge in [-0.25, -0.2) is 28.6 Å². The van der Waals surface area contributed by atoms with Crippen LogP contribution in [0.25, 0.3) is 11.3 Å². The minimum Gasteiger partial charge on any atom is -0.465 e. The molecule has 0 aromatic carbocycles. The maximum absolute atomic E-state index is 14.5. The minimum atomic E-state index is -4.76. The molecule has 1 unspecified atom stereocenters. The summed E-state index contributed by atoms with van der Waals surface area (Å²) < 4.78 is 71.9. The van der Waals surface area contributed by atoms with Crippen molar-refractivity contribution in [2.45, 2.75) is 18.2 Å². The first kappa shape index (κ1) is 22.1. The Morgan fingerprint density at radius 1 is 1.12 bits per heavy atom. The molecule has 0 spiro atoms. The lowest BCUT2D eigenvalue weighted by atomic mass is 10.2. The molecule has 0 saturated carbocycles. The molecule has 0 amide bonds. The summed E-state index contributed by atoms with van der Waals surface area (Å²) in [5.41, 5.74) is -4.27. The van der Waals surface area contributed by atoms with Gasteiger partial charge in [0.25, 0.3) is 11.1 Å². The van der Waals surface area contributed by atoms with Gasteiger partial charge in [-0.3, -0.25) is 14.6 Å². The number of anilines is 1. The van der Waals surface area contributed by atoms with Crippen molar-refractivity contribution in [3.63, 3.8) is 0 Å². The fourth-order valence-electron chi connectivity index (χ4n) is 3.10. The molecular formula is C17H12F5N7O4. The molecule has 3 aromatic rings. The Kier molecular flexibility index (Phi) is 5.21. The number of halogens is 5. The van der Waals surface area contributed by atoms with E-state index in [4.69, 9.17) is 4.74 Å². The summed E-state index contributed by atoms with van der Waals surface area (Å²) in [5, 5.41) is 5.78. The van der Waals surface area contributed by atoms with E-state index in [1.165, 1.54) is 0 Å². The van der Waals surface area contributed by atoms with Crippen LogP contribution >= 0.6 is 0 Å². The average molecular weight is 473 g/mol. The molecule has 1 aliphatic rings. The Morgan fingerprint density at radius 3 is 2.52 bits per heavy atom. The number of nitrogens with one attached hydrogen (secondary N) is 3. The topological polar surface area (TPSA) is 150 Å². The molecule has 11 nitrogen and oxygen atoms in total. The molecule has 1 fully saturated rings. The van der Waals surface area contributed by atoms with E-state index in [0.29, 0.717) is 12.4 Å². The molecule has 174 valence electrons. The van der Waals surface area contributed by atoms with Crippen molar-refractivity contribution in [3.8, 4) is 17.1 Å². The van der Waals surface area contributed by atoms with Crippen molar-refractivity contribution in [3.05, 3.63) is 61.5 Å². The third-order valence-electron chi connectivity index (χ3n) is 4.66. The zero-order chi connectivity index (χ0) is 24.0. The number of alkyl halides is 5. The summed E-state index contributed by atoms with van der Waals surface area (Å²) in [5.74, 6) is -4.07. The fraction of sp³-hybridized carbons (Fsp3) is 0.294. The zero-order valence-corrected chi connectivity index (χ0v) is 16.1. The summed E-state index contributed by atoms with van der Waals surface area (Å²) in [7, 11) is 0. The zero-order valence-electron chi connectivity index (χ0n) is 16.1. The van der Waals surface area contributed by atoms with E-state index < -0.39 is 59.7 Å². The molecule has 3 aromatic heterocycles. The van der Waals surface area contributed by atoms with Crippen LogP contribution in [0, 0.1) is 0 Å². The maximum atomic E-state index is 14.5. The number of nitrogens with zero attached hydrogens (tertiary/aromatic N) is 4. The standard InChI is InChI=1S/C17H12F5N7O4/c18-16(19)6-29(5-11(16)33-12-4-23-10(3-24-12)17(20,21)22)9-1-8(27-28-14(9)31)7-2-25-15(32)26-13(7)30/h1-4,11H,5-6H2,(H,28,31)(H2,25,26,30,32). The molecule has 0 radical (unpaired) electrons. The van der Waals surface area contributed by atoms with Crippen molar-refractivity contribution < 1.29 is 26.7 Å². The lowest BCUT2D eigenvalue weighted by Gasteiger charge is -2.18. The SMILES string of the molecule is O=c1[nH]cc(-c2cc(N3CC(Oc4cnc(C(F)(F)F)cn4)C(F)(F)C3)c(=O)[nH]n2)c(=O)[nH]1. The Hall–Kier alpha value is -4.11. The maximum Gasteiger partial charge on any atom is 0.434 e. The van der Waals surface area contributed by atoms with Crippen molar-refractivity contribution in [1.82, 2.24) is 30.1 Å². The molecule has 0 bridgehead atoms. The van der Waals surface area contributed by atoms with Crippen LogP contribution in [0.3, 0.4) is 0 Å². The molecule has 1 saturated heterocycles. The number of ether oxygens (including phenoxy) is 1. The highest BCUT2D eigenvalue weighted by molar-refractivity contribution is 5.62. The third kappa shape index (κ3) is 4.44. The number of hydrogen-bond donors (Lipinski definition) is 3. The van der Waals surface area contributed by atoms with E-state index in [-0.39, 0.29) is 16.9 Å². The lowest BCUT2D eigenvalue weighted by Crippen LogP contribution is -2.36. The van der Waals surface area contributed by atoms with Crippen LogP contribution in [-0.2, 0) is 6.18 Å². The fourth-order valence-corrected chi connectivity index (χ4v) is 3.10. The number of aromatic nitrogens is 6. The number of rotatable bonds is 4. The summed E-state index contributed by atoms with van der Waals surface area (Å²) in [6.45, 7) is -1.51. The summed E-state index contributed by atoms with van der Waals surface area (Å²) in [6.07, 6.45) is -4.66. The molecule has 16 heteroatoms. The van der Waals surface area contributed by atoms with Gasteiger partial charge in [-0.15, -0.1) is 0 Å². The van der Waals surface area contributed by atoms with Crippen LogP contribution in [0.4, 0.5) is 27.6 Å². The average Bonchev–Trinajstić information content (AvgIpc) is 3.02. The second-order valence-electron chi connectivity index (χ2n) is 6.94. The Balaban J connectivity index is 1.59. The van der Waals surface area contributed by atoms with Crippen LogP contribution in [0.2, 0.25) is 0 Å². The van der Waals surface area contributed by atoms with Crippen molar-refractivity contribution in [2.24, 2.45) is 0 Å². The molecule has 4 heterocycles. The summed E-state index contributed by atoms with van der Waals surface area (Å²) >= 11 is 0. The van der Waals surface area contributed by atoms with E-state index >= 15 is 0 Å². The van der Waals surface area contributed by atoms with Gasteiger partial charge in [0.1, 0.15) is 5.69 Å². The van der Waals surface area contributed by atoms with Gasteiger partial charge in [-0.2, -0.15) is 18.3 Å². The quantitative estimate of drug-likeness (QED) is 0.465. The second-order valence-corrected chi connectivity index (χ2v) is 6.94. The van der Waals surface area contributed by atoms with Crippen LogP contribution < -0.4 is 26.4 Å². The van der Waals surface area contributed by atoms with Gasteiger partial charge in [-0.1, -0.05) is 0 Å². The van der Waals surface area contributed by atoms with Crippen LogP contribution in [0.15, 0.2) is 39.0 Å². The van der Waals surface area contributed by atoms with Gasteiger partial charge in [-0.05, 0) is 6.07 Å². The van der Waals surface area contributed by atoms with Crippen LogP contribution in [-0.4, -0.2) is 55.2 Å². The van der Waals surface area contributed by atoms with Gasteiger partial charge >= 0.3 is 17.8 Å². The molecule has 1 aliphatic heterocycles. The normalized spacial score (nSPS) is 17.8. The largest absolute Gasteiger partial charge is 0.465 e. The first-order chi connectivity index (χ1) is 15.4.